The number of carbonyl (C=O) groups is 1. The molecule has 0 radical (unpaired) electrons. The molecule has 3 rings (SSSR count). The van der Waals surface area contributed by atoms with Gasteiger partial charge < -0.3 is 25.4 Å². The second-order valence-electron chi connectivity index (χ2n) is 7.02. The zero-order valence-corrected chi connectivity index (χ0v) is 20.4. The predicted octanol–water partition coefficient (Wildman–Crippen LogP) is 3.47. The predicted molar refractivity (Wildman–Crippen MR) is 134 cm³/mol. The second kappa shape index (κ2) is 13.0. The highest BCUT2D eigenvalue weighted by Crippen LogP contribution is 2.32. The van der Waals surface area contributed by atoms with Gasteiger partial charge in [0.05, 0.1) is 6.54 Å². The normalized spacial score (nSPS) is 12.1. The van der Waals surface area contributed by atoms with E-state index in [1.165, 1.54) is 5.56 Å². The Morgan fingerprint density at radius 3 is 2.61 bits per heavy atom. The number of guanidine groups is 1. The minimum atomic E-state index is -0.0450. The van der Waals surface area contributed by atoms with Crippen molar-refractivity contribution in [3.8, 4) is 11.5 Å². The van der Waals surface area contributed by atoms with E-state index in [9.17, 15) is 4.79 Å². The van der Waals surface area contributed by atoms with E-state index in [0.717, 1.165) is 49.0 Å². The van der Waals surface area contributed by atoms with Gasteiger partial charge in [-0.2, -0.15) is 0 Å². The van der Waals surface area contributed by atoms with Crippen LogP contribution in [0.3, 0.4) is 0 Å². The van der Waals surface area contributed by atoms with Gasteiger partial charge in [-0.15, -0.1) is 24.0 Å². The molecule has 1 aliphatic heterocycles. The van der Waals surface area contributed by atoms with Crippen molar-refractivity contribution in [2.24, 2.45) is 4.99 Å². The molecular formula is C23H31IN4O3. The van der Waals surface area contributed by atoms with E-state index in [4.69, 9.17) is 9.47 Å². The number of hydrogen-bond acceptors (Lipinski definition) is 4. The number of halogens is 1. The molecule has 2 aromatic carbocycles. The summed E-state index contributed by atoms with van der Waals surface area (Å²) in [5.74, 6) is 2.30. The molecule has 0 unspecified atom stereocenters. The third kappa shape index (κ3) is 7.61. The molecule has 2 aromatic rings. The molecule has 31 heavy (non-hydrogen) atoms. The van der Waals surface area contributed by atoms with Crippen molar-refractivity contribution in [1.29, 1.82) is 0 Å². The molecule has 0 saturated heterocycles. The van der Waals surface area contributed by atoms with Crippen LogP contribution in [0.25, 0.3) is 0 Å². The largest absolute Gasteiger partial charge is 0.454 e. The maximum absolute atomic E-state index is 12.2. The van der Waals surface area contributed by atoms with Crippen molar-refractivity contribution in [3.63, 3.8) is 0 Å². The highest BCUT2D eigenvalue weighted by molar-refractivity contribution is 14.0. The highest BCUT2D eigenvalue weighted by Gasteiger charge is 2.13. The van der Waals surface area contributed by atoms with Crippen LogP contribution in [-0.2, 0) is 13.0 Å². The first-order chi connectivity index (χ1) is 14.7. The van der Waals surface area contributed by atoms with Gasteiger partial charge in [-0.05, 0) is 55.2 Å². The average Bonchev–Trinajstić information content (AvgIpc) is 3.24. The Morgan fingerprint density at radius 2 is 1.81 bits per heavy atom. The third-order valence-electron chi connectivity index (χ3n) is 4.63. The van der Waals surface area contributed by atoms with Gasteiger partial charge in [0.15, 0.2) is 17.5 Å². The molecule has 0 aliphatic carbocycles. The SMILES string of the molecule is CCCNC(=O)c1cccc(CN=C(NCC)NCCc2ccc3c(c2)OCO3)c1.I. The van der Waals surface area contributed by atoms with Gasteiger partial charge in [-0.25, -0.2) is 4.99 Å². The molecule has 0 spiro atoms. The number of carbonyl (C=O) groups excluding carboxylic acids is 1. The number of ether oxygens (including phenoxy) is 2. The lowest BCUT2D eigenvalue weighted by atomic mass is 10.1. The van der Waals surface area contributed by atoms with Crippen LogP contribution in [0.15, 0.2) is 47.5 Å². The lowest BCUT2D eigenvalue weighted by Crippen LogP contribution is -2.38. The molecule has 0 fully saturated rings. The quantitative estimate of drug-likeness (QED) is 0.259. The number of benzene rings is 2. The summed E-state index contributed by atoms with van der Waals surface area (Å²) in [5, 5.41) is 9.52. The van der Waals surface area contributed by atoms with Gasteiger partial charge in [0.2, 0.25) is 6.79 Å². The van der Waals surface area contributed by atoms with Crippen LogP contribution >= 0.6 is 24.0 Å². The van der Waals surface area contributed by atoms with E-state index in [0.29, 0.717) is 18.7 Å². The number of nitrogens with zero attached hydrogens (tertiary/aromatic N) is 1. The monoisotopic (exact) mass is 538 g/mol. The van der Waals surface area contributed by atoms with Crippen LogP contribution in [-0.4, -0.2) is 38.3 Å². The first-order valence-corrected chi connectivity index (χ1v) is 10.5. The number of hydrogen-bond donors (Lipinski definition) is 3. The fourth-order valence-corrected chi connectivity index (χ4v) is 3.09. The standard InChI is InChI=1S/C23H30N4O3.HI/c1-3-11-25-22(28)19-7-5-6-18(13-19)15-27-23(24-4-2)26-12-10-17-8-9-20-21(14-17)30-16-29-20;/h5-9,13-14H,3-4,10-12,15-16H2,1-2H3,(H,25,28)(H2,24,26,27);1H. The van der Waals surface area contributed by atoms with Gasteiger partial charge in [0, 0.05) is 25.2 Å². The number of amides is 1. The van der Waals surface area contributed by atoms with Crippen LogP contribution < -0.4 is 25.4 Å². The van der Waals surface area contributed by atoms with Crippen molar-refractivity contribution < 1.29 is 14.3 Å². The van der Waals surface area contributed by atoms with Gasteiger partial charge >= 0.3 is 0 Å². The molecule has 0 aromatic heterocycles. The summed E-state index contributed by atoms with van der Waals surface area (Å²) in [4.78, 5) is 16.8. The Bertz CT molecular complexity index is 889. The molecule has 7 nitrogen and oxygen atoms in total. The van der Waals surface area contributed by atoms with Gasteiger partial charge in [0.25, 0.3) is 5.91 Å². The maximum atomic E-state index is 12.2. The van der Waals surface area contributed by atoms with Crippen molar-refractivity contribution >= 4 is 35.8 Å². The Labute approximate surface area is 201 Å². The summed E-state index contributed by atoms with van der Waals surface area (Å²) in [6.07, 6.45) is 1.76. The summed E-state index contributed by atoms with van der Waals surface area (Å²) in [5.41, 5.74) is 2.83. The smallest absolute Gasteiger partial charge is 0.251 e. The molecule has 3 N–H and O–H groups in total. The number of fused-ring (bicyclic) bond motifs is 1. The Hall–Kier alpha value is -2.49. The fraction of sp³-hybridized carbons (Fsp3) is 0.391. The van der Waals surface area contributed by atoms with Crippen molar-refractivity contribution in [2.45, 2.75) is 33.2 Å². The third-order valence-corrected chi connectivity index (χ3v) is 4.63. The van der Waals surface area contributed by atoms with Gasteiger partial charge in [-0.3, -0.25) is 4.79 Å². The van der Waals surface area contributed by atoms with E-state index in [1.54, 1.807) is 0 Å². The second-order valence-corrected chi connectivity index (χ2v) is 7.02. The summed E-state index contributed by atoms with van der Waals surface area (Å²) < 4.78 is 10.8. The molecule has 0 atom stereocenters. The highest BCUT2D eigenvalue weighted by atomic mass is 127. The molecule has 168 valence electrons. The molecule has 0 saturated carbocycles. The molecule has 0 bridgehead atoms. The van der Waals surface area contributed by atoms with Crippen molar-refractivity contribution in [3.05, 3.63) is 59.2 Å². The molecule has 8 heteroatoms. The van der Waals surface area contributed by atoms with E-state index >= 15 is 0 Å². The van der Waals surface area contributed by atoms with Crippen molar-refractivity contribution in [1.82, 2.24) is 16.0 Å². The zero-order valence-electron chi connectivity index (χ0n) is 18.1. The summed E-state index contributed by atoms with van der Waals surface area (Å²) in [6, 6.07) is 13.6. The molecule has 1 heterocycles. The van der Waals surface area contributed by atoms with Crippen LogP contribution in [0.5, 0.6) is 11.5 Å². The van der Waals surface area contributed by atoms with E-state index in [2.05, 4.69) is 20.9 Å². The summed E-state index contributed by atoms with van der Waals surface area (Å²) in [7, 11) is 0. The van der Waals surface area contributed by atoms with Crippen LogP contribution in [0.1, 0.15) is 41.8 Å². The Morgan fingerprint density at radius 1 is 0.968 bits per heavy atom. The number of nitrogens with one attached hydrogen (secondary N) is 3. The van der Waals surface area contributed by atoms with E-state index < -0.39 is 0 Å². The lowest BCUT2D eigenvalue weighted by Gasteiger charge is -2.12. The topological polar surface area (TPSA) is 84.0 Å². The van der Waals surface area contributed by atoms with Gasteiger partial charge in [-0.1, -0.05) is 25.1 Å². The molecule has 1 aliphatic rings. The minimum absolute atomic E-state index is 0. The average molecular weight is 538 g/mol. The van der Waals surface area contributed by atoms with E-state index in [-0.39, 0.29) is 36.7 Å². The Balaban J connectivity index is 0.00000341. The number of aliphatic imine (C=N–C) groups is 1. The van der Waals surface area contributed by atoms with Crippen LogP contribution in [0.2, 0.25) is 0 Å². The van der Waals surface area contributed by atoms with Crippen molar-refractivity contribution in [2.75, 3.05) is 26.4 Å². The van der Waals surface area contributed by atoms with Gasteiger partial charge in [0.1, 0.15) is 0 Å². The number of rotatable bonds is 9. The first kappa shape index (κ1) is 24.8. The Kier molecular flexibility index (Phi) is 10.4. The first-order valence-electron chi connectivity index (χ1n) is 10.5. The minimum Gasteiger partial charge on any atom is -0.454 e. The lowest BCUT2D eigenvalue weighted by molar-refractivity contribution is 0.0953. The molecule has 1 amide bonds. The van der Waals surface area contributed by atoms with Crippen LogP contribution in [0, 0.1) is 0 Å². The van der Waals surface area contributed by atoms with Crippen LogP contribution in [0.4, 0.5) is 0 Å². The summed E-state index contributed by atoms with van der Waals surface area (Å²) in [6.45, 7) is 7.05. The maximum Gasteiger partial charge on any atom is 0.251 e. The summed E-state index contributed by atoms with van der Waals surface area (Å²) >= 11 is 0. The molecular weight excluding hydrogens is 507 g/mol. The zero-order chi connectivity index (χ0) is 21.2. The fourth-order valence-electron chi connectivity index (χ4n) is 3.09. The van der Waals surface area contributed by atoms with E-state index in [1.807, 2.05) is 56.3 Å².